The summed E-state index contributed by atoms with van der Waals surface area (Å²) in [6.07, 6.45) is 21.8. The van der Waals surface area contributed by atoms with E-state index in [9.17, 15) is 15.0 Å². The van der Waals surface area contributed by atoms with Crippen LogP contribution < -0.4 is 9.47 Å². The number of aryl methyl sites for hydroxylation is 1. The van der Waals surface area contributed by atoms with Crippen LogP contribution in [0.4, 0.5) is 0 Å². The molecule has 0 spiro atoms. The predicted octanol–water partition coefficient (Wildman–Crippen LogP) is 9.06. The van der Waals surface area contributed by atoms with Crippen LogP contribution in [0.25, 0.3) is 0 Å². The Balaban J connectivity index is 1.68. The van der Waals surface area contributed by atoms with Crippen LogP contribution in [0.3, 0.4) is 0 Å². The van der Waals surface area contributed by atoms with Crippen molar-refractivity contribution in [1.82, 2.24) is 0 Å². The third kappa shape index (κ3) is 13.3. The van der Waals surface area contributed by atoms with E-state index in [1.165, 1.54) is 51.3 Å². The van der Waals surface area contributed by atoms with Crippen molar-refractivity contribution in [3.05, 3.63) is 65.8 Å². The number of carbonyl (C=O) groups excluding carboxylic acids is 1. The Morgan fingerprint density at radius 3 is 2.21 bits per heavy atom. The van der Waals surface area contributed by atoms with Crippen molar-refractivity contribution in [2.45, 2.75) is 97.5 Å². The summed E-state index contributed by atoms with van der Waals surface area (Å²) in [6.45, 7) is 4.00. The van der Waals surface area contributed by atoms with Crippen LogP contribution in [0.15, 0.2) is 54.6 Å². The number of methoxy groups -OCH3 is 1. The average molecular weight is 539 g/mol. The first kappa shape index (κ1) is 31.8. The van der Waals surface area contributed by atoms with Gasteiger partial charge in [0.1, 0.15) is 23.9 Å². The molecule has 0 radical (unpaired) electrons. The maximum Gasteiger partial charge on any atom is 0.306 e. The van der Waals surface area contributed by atoms with E-state index in [2.05, 4.69) is 31.2 Å². The standard InChI is InChI=1S/C33H46O6/c1-4-5-6-7-8-9-10-11-12-13-14-15-16-17-18-19-32(36)38-25-27-22-29(37-3)24-31(35)33(27)39-30-21-26(2)20-28(34)23-30/h8-9,11-12,20-24,34-35H,4-7,10,13-19,25H2,1-3H3/b9-8-,12-11-. The monoisotopic (exact) mass is 538 g/mol. The zero-order valence-corrected chi connectivity index (χ0v) is 23.9. The number of phenolic OH excluding ortho intramolecular Hbond substituents is 2. The highest BCUT2D eigenvalue weighted by Gasteiger charge is 2.16. The number of aromatic hydroxyl groups is 2. The maximum atomic E-state index is 12.3. The second kappa shape index (κ2) is 18.8. The molecule has 6 heteroatoms. The third-order valence-corrected chi connectivity index (χ3v) is 6.33. The first-order valence-corrected chi connectivity index (χ1v) is 14.3. The summed E-state index contributed by atoms with van der Waals surface area (Å²) in [6, 6.07) is 7.89. The van der Waals surface area contributed by atoms with E-state index in [4.69, 9.17) is 14.2 Å². The molecule has 2 aromatic carbocycles. The van der Waals surface area contributed by atoms with E-state index >= 15 is 0 Å². The van der Waals surface area contributed by atoms with E-state index in [-0.39, 0.29) is 29.8 Å². The lowest BCUT2D eigenvalue weighted by molar-refractivity contribution is -0.145. The molecule has 0 amide bonds. The number of benzene rings is 2. The van der Waals surface area contributed by atoms with Gasteiger partial charge in [0.2, 0.25) is 0 Å². The van der Waals surface area contributed by atoms with Crippen molar-refractivity contribution in [3.63, 3.8) is 0 Å². The molecule has 0 heterocycles. The van der Waals surface area contributed by atoms with Crippen molar-refractivity contribution < 1.29 is 29.2 Å². The summed E-state index contributed by atoms with van der Waals surface area (Å²) in [5.74, 6) is 0.573. The smallest absolute Gasteiger partial charge is 0.306 e. The molecule has 2 aromatic rings. The molecule has 0 fully saturated rings. The van der Waals surface area contributed by atoms with Crippen molar-refractivity contribution >= 4 is 5.97 Å². The van der Waals surface area contributed by atoms with E-state index in [1.807, 2.05) is 6.92 Å². The van der Waals surface area contributed by atoms with Gasteiger partial charge in [-0.05, 0) is 69.2 Å². The Bertz CT molecular complexity index is 1040. The van der Waals surface area contributed by atoms with Gasteiger partial charge in [0.25, 0.3) is 0 Å². The van der Waals surface area contributed by atoms with Gasteiger partial charge >= 0.3 is 5.97 Å². The van der Waals surface area contributed by atoms with Gasteiger partial charge in [0.15, 0.2) is 11.5 Å². The van der Waals surface area contributed by atoms with Crippen LogP contribution in [0, 0.1) is 6.92 Å². The van der Waals surface area contributed by atoms with E-state index in [0.29, 0.717) is 23.5 Å². The van der Waals surface area contributed by atoms with E-state index in [0.717, 1.165) is 44.1 Å². The average Bonchev–Trinajstić information content (AvgIpc) is 2.90. The van der Waals surface area contributed by atoms with E-state index in [1.54, 1.807) is 18.2 Å². The number of phenols is 2. The first-order chi connectivity index (χ1) is 18.9. The number of hydrogen-bond acceptors (Lipinski definition) is 6. The Kier molecular flexibility index (Phi) is 15.3. The number of unbranched alkanes of at least 4 members (excludes halogenated alkanes) is 8. The minimum absolute atomic E-state index is 0.0585. The maximum absolute atomic E-state index is 12.3. The Morgan fingerprint density at radius 1 is 0.821 bits per heavy atom. The van der Waals surface area contributed by atoms with Crippen molar-refractivity contribution in [1.29, 1.82) is 0 Å². The molecule has 39 heavy (non-hydrogen) atoms. The summed E-state index contributed by atoms with van der Waals surface area (Å²) < 4.78 is 16.6. The van der Waals surface area contributed by atoms with Crippen LogP contribution in [-0.4, -0.2) is 23.3 Å². The molecule has 2 rings (SSSR count). The van der Waals surface area contributed by atoms with Crippen molar-refractivity contribution in [3.8, 4) is 28.7 Å². The molecule has 214 valence electrons. The number of ether oxygens (including phenoxy) is 3. The van der Waals surface area contributed by atoms with Gasteiger partial charge in [-0.1, -0.05) is 63.3 Å². The van der Waals surface area contributed by atoms with Gasteiger partial charge in [-0.15, -0.1) is 0 Å². The zero-order valence-electron chi connectivity index (χ0n) is 23.9. The number of esters is 1. The normalized spacial score (nSPS) is 11.4. The molecule has 2 N–H and O–H groups in total. The molecular weight excluding hydrogens is 492 g/mol. The van der Waals surface area contributed by atoms with Crippen molar-refractivity contribution in [2.75, 3.05) is 7.11 Å². The molecule has 0 saturated carbocycles. The highest BCUT2D eigenvalue weighted by atomic mass is 16.5. The molecule has 0 unspecified atom stereocenters. The molecule has 0 saturated heterocycles. The molecule has 6 nitrogen and oxygen atoms in total. The predicted molar refractivity (Wildman–Crippen MR) is 157 cm³/mol. The molecule has 0 aliphatic carbocycles. The van der Waals surface area contributed by atoms with Gasteiger partial charge in [0.05, 0.1) is 7.11 Å². The van der Waals surface area contributed by atoms with Gasteiger partial charge in [-0.3, -0.25) is 4.79 Å². The lowest BCUT2D eigenvalue weighted by atomic mass is 10.1. The minimum Gasteiger partial charge on any atom is -0.508 e. The Hall–Kier alpha value is -3.41. The third-order valence-electron chi connectivity index (χ3n) is 6.33. The summed E-state index contributed by atoms with van der Waals surface area (Å²) in [5, 5.41) is 20.4. The highest BCUT2D eigenvalue weighted by Crippen LogP contribution is 2.39. The topological polar surface area (TPSA) is 85.2 Å². The fourth-order valence-electron chi connectivity index (χ4n) is 4.20. The lowest BCUT2D eigenvalue weighted by Gasteiger charge is -2.15. The molecule has 0 atom stereocenters. The van der Waals surface area contributed by atoms with Gasteiger partial charge in [0, 0.05) is 24.1 Å². The summed E-state index contributed by atoms with van der Waals surface area (Å²) in [4.78, 5) is 12.3. The SMILES string of the molecule is CCCCC/C=C\C/C=C\CCCCCCCC(=O)OCc1cc(OC)cc(O)c1Oc1cc(C)cc(O)c1. The largest absolute Gasteiger partial charge is 0.508 e. The second-order valence-corrected chi connectivity index (χ2v) is 9.88. The second-order valence-electron chi connectivity index (χ2n) is 9.88. The van der Waals surface area contributed by atoms with Gasteiger partial charge < -0.3 is 24.4 Å². The van der Waals surface area contributed by atoms with Crippen LogP contribution in [0.5, 0.6) is 28.7 Å². The van der Waals surface area contributed by atoms with Crippen molar-refractivity contribution in [2.24, 2.45) is 0 Å². The number of hydrogen-bond donors (Lipinski definition) is 2. The van der Waals surface area contributed by atoms with Gasteiger partial charge in [-0.25, -0.2) is 0 Å². The summed E-state index contributed by atoms with van der Waals surface area (Å²) in [7, 11) is 1.49. The quantitative estimate of drug-likeness (QED) is 0.105. The van der Waals surface area contributed by atoms with Gasteiger partial charge in [-0.2, -0.15) is 0 Å². The number of rotatable bonds is 19. The highest BCUT2D eigenvalue weighted by molar-refractivity contribution is 5.69. The zero-order chi connectivity index (χ0) is 28.3. The lowest BCUT2D eigenvalue weighted by Crippen LogP contribution is -2.05. The molecule has 0 aliphatic rings. The van der Waals surface area contributed by atoms with Crippen LogP contribution >= 0.6 is 0 Å². The number of allylic oxidation sites excluding steroid dienone is 4. The Morgan fingerprint density at radius 2 is 1.51 bits per heavy atom. The molecule has 0 aliphatic heterocycles. The summed E-state index contributed by atoms with van der Waals surface area (Å²) >= 11 is 0. The fourth-order valence-corrected chi connectivity index (χ4v) is 4.20. The Labute approximate surface area is 234 Å². The van der Waals surface area contributed by atoms with Crippen LogP contribution in [0.1, 0.15) is 95.1 Å². The first-order valence-electron chi connectivity index (χ1n) is 14.3. The fraction of sp³-hybridized carbons (Fsp3) is 0.485. The van der Waals surface area contributed by atoms with Crippen LogP contribution in [0.2, 0.25) is 0 Å². The number of carbonyl (C=O) groups is 1. The summed E-state index contributed by atoms with van der Waals surface area (Å²) in [5.41, 5.74) is 1.28. The molecule has 0 bridgehead atoms. The molecular formula is C33H46O6. The van der Waals surface area contributed by atoms with Crippen LogP contribution in [-0.2, 0) is 16.1 Å². The molecule has 0 aromatic heterocycles. The minimum atomic E-state index is -0.290. The van der Waals surface area contributed by atoms with E-state index < -0.39 is 0 Å².